The summed E-state index contributed by atoms with van der Waals surface area (Å²) in [7, 11) is 0. The van der Waals surface area contributed by atoms with Crippen LogP contribution in [0.4, 0.5) is 0 Å². The second-order valence-electron chi connectivity index (χ2n) is 1.99. The summed E-state index contributed by atoms with van der Waals surface area (Å²) < 4.78 is 5.17. The van der Waals surface area contributed by atoms with Gasteiger partial charge in [0.2, 0.25) is 0 Å². The smallest absolute Gasteiger partial charge is 0.120 e. The Morgan fingerprint density at radius 1 is 1.64 bits per heavy atom. The van der Waals surface area contributed by atoms with Gasteiger partial charge in [-0.1, -0.05) is 0 Å². The highest BCUT2D eigenvalue weighted by Crippen LogP contribution is 2.08. The molecule has 0 aliphatic heterocycles. The molecule has 0 rings (SSSR count). The van der Waals surface area contributed by atoms with E-state index < -0.39 is 0 Å². The number of rotatable bonds is 6. The zero-order chi connectivity index (χ0) is 8.53. The van der Waals surface area contributed by atoms with E-state index in [1.54, 1.807) is 11.8 Å². The van der Waals surface area contributed by atoms with Gasteiger partial charge in [0.05, 0.1) is 12.4 Å². The Hall–Kier alpha value is -0.440. The van der Waals surface area contributed by atoms with Crippen LogP contribution in [0.5, 0.6) is 0 Å². The lowest BCUT2D eigenvalue weighted by Gasteiger charge is -2.00. The third kappa shape index (κ3) is 7.46. The van der Waals surface area contributed by atoms with Crippen molar-refractivity contribution in [2.45, 2.75) is 20.3 Å². The minimum absolute atomic E-state index is 0.612. The molecular formula is C8H14O2S. The van der Waals surface area contributed by atoms with Crippen molar-refractivity contribution in [3.8, 4) is 0 Å². The highest BCUT2D eigenvalue weighted by atomic mass is 32.2. The number of hydrogen-bond donors (Lipinski definition) is 0. The van der Waals surface area contributed by atoms with Crippen LogP contribution < -0.4 is 0 Å². The van der Waals surface area contributed by atoms with E-state index in [-0.39, 0.29) is 0 Å². The van der Waals surface area contributed by atoms with Crippen LogP contribution in [-0.4, -0.2) is 18.6 Å². The van der Waals surface area contributed by atoms with Gasteiger partial charge in [-0.15, -0.1) is 11.8 Å². The van der Waals surface area contributed by atoms with E-state index in [2.05, 4.69) is 0 Å². The third-order valence-electron chi connectivity index (χ3n) is 0.975. The molecule has 0 spiro atoms. The van der Waals surface area contributed by atoms with Crippen LogP contribution >= 0.6 is 11.8 Å². The molecule has 0 saturated carbocycles. The summed E-state index contributed by atoms with van der Waals surface area (Å²) in [6.07, 6.45) is 1.54. The first-order valence-electron chi connectivity index (χ1n) is 3.66. The van der Waals surface area contributed by atoms with Crippen molar-refractivity contribution in [2.75, 3.05) is 12.4 Å². The number of thioether (sulfide) groups is 1. The topological polar surface area (TPSA) is 26.3 Å². The molecule has 3 heteroatoms. The molecule has 11 heavy (non-hydrogen) atoms. The molecule has 0 atom stereocenters. The third-order valence-corrected chi connectivity index (χ3v) is 1.94. The number of carbonyl (C=O) groups is 1. The fraction of sp³-hybridized carbons (Fsp3) is 0.625. The quantitative estimate of drug-likeness (QED) is 0.351. The lowest BCUT2D eigenvalue weighted by molar-refractivity contribution is -0.107. The van der Waals surface area contributed by atoms with Crippen molar-refractivity contribution in [3.63, 3.8) is 0 Å². The summed E-state index contributed by atoms with van der Waals surface area (Å²) in [6, 6.07) is 0. The Kier molecular flexibility index (Phi) is 7.36. The molecule has 0 heterocycles. The SMILES string of the molecule is CCOC(C)=CSCCC=O. The highest BCUT2D eigenvalue weighted by Gasteiger charge is 1.87. The molecular weight excluding hydrogens is 160 g/mol. The molecule has 64 valence electrons. The van der Waals surface area contributed by atoms with E-state index in [4.69, 9.17) is 4.74 Å². The predicted molar refractivity (Wildman–Crippen MR) is 48.5 cm³/mol. The number of aldehydes is 1. The fourth-order valence-corrected chi connectivity index (χ4v) is 1.21. The Labute approximate surface area is 72.0 Å². The lowest BCUT2D eigenvalue weighted by atomic mass is 10.6. The molecule has 0 aliphatic rings. The van der Waals surface area contributed by atoms with E-state index in [0.717, 1.165) is 17.8 Å². The van der Waals surface area contributed by atoms with Gasteiger partial charge in [-0.3, -0.25) is 0 Å². The molecule has 0 fully saturated rings. The van der Waals surface area contributed by atoms with Crippen molar-refractivity contribution >= 4 is 18.0 Å². The van der Waals surface area contributed by atoms with E-state index in [0.29, 0.717) is 13.0 Å². The average Bonchev–Trinajstić information content (AvgIpc) is 1.99. The van der Waals surface area contributed by atoms with Gasteiger partial charge in [-0.2, -0.15) is 0 Å². The minimum Gasteiger partial charge on any atom is -0.498 e. The highest BCUT2D eigenvalue weighted by molar-refractivity contribution is 8.02. The summed E-state index contributed by atoms with van der Waals surface area (Å²) in [5.41, 5.74) is 0. The molecule has 0 saturated heterocycles. The standard InChI is InChI=1S/C8H14O2S/c1-3-10-8(2)7-11-6-4-5-9/h5,7H,3-4,6H2,1-2H3. The van der Waals surface area contributed by atoms with Gasteiger partial charge in [0.1, 0.15) is 6.29 Å². The second kappa shape index (κ2) is 7.66. The van der Waals surface area contributed by atoms with Gasteiger partial charge < -0.3 is 9.53 Å². The largest absolute Gasteiger partial charge is 0.498 e. The van der Waals surface area contributed by atoms with Crippen molar-refractivity contribution in [2.24, 2.45) is 0 Å². The van der Waals surface area contributed by atoms with Gasteiger partial charge in [-0.25, -0.2) is 0 Å². The molecule has 0 N–H and O–H groups in total. The first-order valence-corrected chi connectivity index (χ1v) is 4.71. The lowest BCUT2D eigenvalue weighted by Crippen LogP contribution is -1.85. The monoisotopic (exact) mass is 174 g/mol. The van der Waals surface area contributed by atoms with Crippen LogP contribution in [0.25, 0.3) is 0 Å². The first-order chi connectivity index (χ1) is 5.31. The Balaban J connectivity index is 3.31. The molecule has 0 aromatic rings. The molecule has 0 aliphatic carbocycles. The maximum atomic E-state index is 9.91. The van der Waals surface area contributed by atoms with Crippen LogP contribution in [-0.2, 0) is 9.53 Å². The van der Waals surface area contributed by atoms with Crippen LogP contribution in [0.1, 0.15) is 20.3 Å². The van der Waals surface area contributed by atoms with Crippen molar-refractivity contribution in [1.29, 1.82) is 0 Å². The zero-order valence-electron chi connectivity index (χ0n) is 7.00. The van der Waals surface area contributed by atoms with E-state index in [1.165, 1.54) is 0 Å². The summed E-state index contributed by atoms with van der Waals surface area (Å²) >= 11 is 1.61. The summed E-state index contributed by atoms with van der Waals surface area (Å²) in [5.74, 6) is 1.76. The normalized spacial score (nSPS) is 11.3. The molecule has 0 aromatic carbocycles. The van der Waals surface area contributed by atoms with Gasteiger partial charge >= 0.3 is 0 Å². The number of allylic oxidation sites excluding steroid dienone is 1. The molecule has 0 amide bonds. The van der Waals surface area contributed by atoms with Gasteiger partial charge in [0, 0.05) is 17.6 Å². The molecule has 0 aromatic heterocycles. The van der Waals surface area contributed by atoms with E-state index >= 15 is 0 Å². The zero-order valence-corrected chi connectivity index (χ0v) is 7.82. The maximum absolute atomic E-state index is 9.91. The van der Waals surface area contributed by atoms with Gasteiger partial charge in [-0.05, 0) is 13.8 Å². The first kappa shape index (κ1) is 10.6. The van der Waals surface area contributed by atoms with Crippen LogP contribution in [0.15, 0.2) is 11.2 Å². The fourth-order valence-electron chi connectivity index (χ4n) is 0.554. The Morgan fingerprint density at radius 3 is 2.91 bits per heavy atom. The Morgan fingerprint density at radius 2 is 2.36 bits per heavy atom. The number of hydrogen-bond acceptors (Lipinski definition) is 3. The van der Waals surface area contributed by atoms with E-state index in [1.807, 2.05) is 19.3 Å². The maximum Gasteiger partial charge on any atom is 0.120 e. The second-order valence-corrected chi connectivity index (χ2v) is 2.96. The molecule has 0 unspecified atom stereocenters. The van der Waals surface area contributed by atoms with E-state index in [9.17, 15) is 4.79 Å². The number of ether oxygens (including phenoxy) is 1. The molecule has 0 bridgehead atoms. The van der Waals surface area contributed by atoms with Crippen molar-refractivity contribution in [1.82, 2.24) is 0 Å². The summed E-state index contributed by atoms with van der Waals surface area (Å²) in [4.78, 5) is 9.91. The minimum atomic E-state index is 0.612. The Bertz CT molecular complexity index is 132. The van der Waals surface area contributed by atoms with Crippen LogP contribution in [0.3, 0.4) is 0 Å². The molecule has 2 nitrogen and oxygen atoms in total. The summed E-state index contributed by atoms with van der Waals surface area (Å²) in [5, 5.41) is 1.94. The van der Waals surface area contributed by atoms with Gasteiger partial charge in [0.25, 0.3) is 0 Å². The van der Waals surface area contributed by atoms with Crippen LogP contribution in [0, 0.1) is 0 Å². The van der Waals surface area contributed by atoms with Crippen LogP contribution in [0.2, 0.25) is 0 Å². The predicted octanol–water partition coefficient (Wildman–Crippen LogP) is 2.21. The molecule has 0 radical (unpaired) electrons. The van der Waals surface area contributed by atoms with Crippen molar-refractivity contribution < 1.29 is 9.53 Å². The summed E-state index contributed by atoms with van der Waals surface area (Å²) in [6.45, 7) is 4.57. The number of carbonyl (C=O) groups excluding carboxylic acids is 1. The van der Waals surface area contributed by atoms with Gasteiger partial charge in [0.15, 0.2) is 0 Å². The van der Waals surface area contributed by atoms with Crippen molar-refractivity contribution in [3.05, 3.63) is 11.2 Å². The average molecular weight is 174 g/mol.